The second-order valence-electron chi connectivity index (χ2n) is 7.03. The van der Waals surface area contributed by atoms with E-state index < -0.39 is 11.6 Å². The van der Waals surface area contributed by atoms with Crippen LogP contribution >= 0.6 is 0 Å². The van der Waals surface area contributed by atoms with Gasteiger partial charge in [-0.1, -0.05) is 18.7 Å². The predicted octanol–water partition coefficient (Wildman–Crippen LogP) is 3.06. The van der Waals surface area contributed by atoms with Crippen molar-refractivity contribution in [2.45, 2.75) is 26.3 Å². The lowest BCUT2D eigenvalue weighted by Gasteiger charge is -2.19. The molecule has 0 amide bonds. The van der Waals surface area contributed by atoms with Gasteiger partial charge in [-0.3, -0.25) is 19.3 Å². The fourth-order valence-corrected chi connectivity index (χ4v) is 3.57. The molecule has 0 unspecified atom stereocenters. The number of hydrogen-bond donors (Lipinski definition) is 1. The minimum absolute atomic E-state index is 0.153. The van der Waals surface area contributed by atoms with E-state index in [1.807, 2.05) is 18.0 Å². The van der Waals surface area contributed by atoms with Crippen molar-refractivity contribution in [1.82, 2.24) is 4.90 Å². The first kappa shape index (κ1) is 20.5. The van der Waals surface area contributed by atoms with Crippen LogP contribution in [0.25, 0.3) is 6.08 Å². The van der Waals surface area contributed by atoms with Crippen LogP contribution in [0.3, 0.4) is 0 Å². The summed E-state index contributed by atoms with van der Waals surface area (Å²) in [6, 6.07) is 0. The zero-order valence-electron chi connectivity index (χ0n) is 16.5. The fraction of sp³-hybridized carbons (Fsp3) is 0.318. The van der Waals surface area contributed by atoms with Crippen LogP contribution in [-0.2, 0) is 20.9 Å². The molecule has 0 saturated carbocycles. The van der Waals surface area contributed by atoms with Crippen molar-refractivity contribution >= 4 is 24.1 Å². The van der Waals surface area contributed by atoms with Crippen LogP contribution < -0.4 is 0 Å². The SMILES string of the molecule is C=CC1=C(O)CCC=C1C1=Cc2oc(CN(C)CCOC=O)c(C)c2C(=O)C1=O. The Labute approximate surface area is 168 Å². The first-order valence-corrected chi connectivity index (χ1v) is 9.31. The third kappa shape index (κ3) is 3.86. The summed E-state index contributed by atoms with van der Waals surface area (Å²) >= 11 is 0. The average Bonchev–Trinajstić information content (AvgIpc) is 3.00. The number of allylic oxidation sites excluding steroid dienone is 6. The van der Waals surface area contributed by atoms with Crippen LogP contribution in [0.15, 0.2) is 45.6 Å². The van der Waals surface area contributed by atoms with E-state index in [-0.39, 0.29) is 23.5 Å². The molecule has 7 nitrogen and oxygen atoms in total. The lowest BCUT2D eigenvalue weighted by molar-refractivity contribution is -0.129. The van der Waals surface area contributed by atoms with Gasteiger partial charge in [0.25, 0.3) is 6.47 Å². The molecule has 0 saturated heterocycles. The summed E-state index contributed by atoms with van der Waals surface area (Å²) in [5.74, 6) is -0.182. The Morgan fingerprint density at radius 2 is 2.07 bits per heavy atom. The normalized spacial score (nSPS) is 16.5. The van der Waals surface area contributed by atoms with Gasteiger partial charge in [0.15, 0.2) is 0 Å². The number of hydrogen-bond acceptors (Lipinski definition) is 7. The molecule has 1 aromatic rings. The van der Waals surface area contributed by atoms with Crippen molar-refractivity contribution in [3.63, 3.8) is 0 Å². The fourth-order valence-electron chi connectivity index (χ4n) is 3.57. The van der Waals surface area contributed by atoms with Crippen LogP contribution in [0.5, 0.6) is 0 Å². The Morgan fingerprint density at radius 3 is 2.76 bits per heavy atom. The second-order valence-corrected chi connectivity index (χ2v) is 7.03. The minimum Gasteiger partial charge on any atom is -0.512 e. The first-order chi connectivity index (χ1) is 13.9. The molecule has 2 aliphatic carbocycles. The number of nitrogens with zero attached hydrogens (tertiary/aromatic N) is 1. The highest BCUT2D eigenvalue weighted by atomic mass is 16.5. The van der Waals surface area contributed by atoms with Crippen LogP contribution in [0, 0.1) is 6.92 Å². The van der Waals surface area contributed by atoms with E-state index in [0.717, 1.165) is 0 Å². The highest BCUT2D eigenvalue weighted by Crippen LogP contribution is 2.37. The van der Waals surface area contributed by atoms with E-state index in [0.29, 0.717) is 60.6 Å². The molecule has 0 atom stereocenters. The maximum atomic E-state index is 12.8. The van der Waals surface area contributed by atoms with Gasteiger partial charge in [0.05, 0.1) is 12.1 Å². The number of rotatable bonds is 8. The van der Waals surface area contributed by atoms with Gasteiger partial charge in [-0.15, -0.1) is 0 Å². The molecule has 0 radical (unpaired) electrons. The maximum Gasteiger partial charge on any atom is 0.293 e. The van der Waals surface area contributed by atoms with Gasteiger partial charge in [-0.05, 0) is 32.0 Å². The van der Waals surface area contributed by atoms with Crippen molar-refractivity contribution in [1.29, 1.82) is 0 Å². The van der Waals surface area contributed by atoms with Crippen LogP contribution in [-0.4, -0.2) is 48.2 Å². The molecule has 1 heterocycles. The van der Waals surface area contributed by atoms with Crippen molar-refractivity contribution in [3.05, 3.63) is 63.9 Å². The number of ether oxygens (including phenoxy) is 1. The molecular weight excluding hydrogens is 374 g/mol. The third-order valence-corrected chi connectivity index (χ3v) is 5.12. The molecule has 0 aromatic carbocycles. The number of furan rings is 1. The standard InChI is InChI=1S/C22H23NO6/c1-4-14-15(6-5-7-17(14)25)16-10-18-20(22(27)21(16)26)13(2)19(29-18)11-23(3)8-9-28-12-24/h4,6,10,12,25H,1,5,7-9,11H2,2-3H3. The van der Waals surface area contributed by atoms with Gasteiger partial charge in [-0.2, -0.15) is 0 Å². The molecule has 3 rings (SSSR count). The smallest absolute Gasteiger partial charge is 0.293 e. The van der Waals surface area contributed by atoms with E-state index in [4.69, 9.17) is 9.15 Å². The maximum absolute atomic E-state index is 12.8. The largest absolute Gasteiger partial charge is 0.512 e. The van der Waals surface area contributed by atoms with E-state index in [2.05, 4.69) is 6.58 Å². The van der Waals surface area contributed by atoms with E-state index in [1.54, 1.807) is 13.0 Å². The molecule has 1 aromatic heterocycles. The summed E-state index contributed by atoms with van der Waals surface area (Å²) in [4.78, 5) is 37.8. The topological polar surface area (TPSA) is 97.1 Å². The summed E-state index contributed by atoms with van der Waals surface area (Å²) < 4.78 is 10.6. The minimum atomic E-state index is -0.624. The van der Waals surface area contributed by atoms with E-state index in [1.165, 1.54) is 6.08 Å². The molecule has 29 heavy (non-hydrogen) atoms. The average molecular weight is 397 g/mol. The number of likely N-dealkylation sites (N-methyl/N-ethyl adjacent to an activating group) is 1. The molecule has 0 aliphatic heterocycles. The molecular formula is C22H23NO6. The summed E-state index contributed by atoms with van der Waals surface area (Å²) in [5.41, 5.74) is 2.07. The number of aliphatic hydroxyl groups is 1. The zero-order valence-corrected chi connectivity index (χ0v) is 16.5. The van der Waals surface area contributed by atoms with Crippen molar-refractivity contribution in [3.8, 4) is 0 Å². The van der Waals surface area contributed by atoms with Crippen molar-refractivity contribution < 1.29 is 28.6 Å². The van der Waals surface area contributed by atoms with E-state index in [9.17, 15) is 19.5 Å². The zero-order chi connectivity index (χ0) is 21.1. The monoisotopic (exact) mass is 397 g/mol. The van der Waals surface area contributed by atoms with Gasteiger partial charge in [-0.25, -0.2) is 0 Å². The molecule has 0 fully saturated rings. The number of fused-ring (bicyclic) bond motifs is 1. The highest BCUT2D eigenvalue weighted by Gasteiger charge is 2.36. The Bertz CT molecular complexity index is 976. The Hall–Kier alpha value is -3.19. The lowest BCUT2D eigenvalue weighted by atomic mass is 9.83. The Morgan fingerprint density at radius 1 is 1.31 bits per heavy atom. The molecule has 7 heteroatoms. The number of carbonyl (C=O) groups is 3. The molecule has 2 aliphatic rings. The van der Waals surface area contributed by atoms with Gasteiger partial charge in [0.1, 0.15) is 23.9 Å². The van der Waals surface area contributed by atoms with Crippen LogP contribution in [0.1, 0.15) is 40.3 Å². The van der Waals surface area contributed by atoms with Crippen molar-refractivity contribution in [2.75, 3.05) is 20.2 Å². The lowest BCUT2D eigenvalue weighted by Crippen LogP contribution is -2.24. The molecule has 0 bridgehead atoms. The second kappa shape index (κ2) is 8.45. The summed E-state index contributed by atoms with van der Waals surface area (Å²) in [6.07, 6.45) is 5.93. The van der Waals surface area contributed by atoms with Gasteiger partial charge < -0.3 is 14.3 Å². The first-order valence-electron chi connectivity index (χ1n) is 9.31. The van der Waals surface area contributed by atoms with Gasteiger partial charge in [0, 0.05) is 29.7 Å². The predicted molar refractivity (Wildman–Crippen MR) is 106 cm³/mol. The third-order valence-electron chi connectivity index (χ3n) is 5.12. The molecule has 0 spiro atoms. The Balaban J connectivity index is 1.95. The van der Waals surface area contributed by atoms with Crippen LogP contribution in [0.2, 0.25) is 0 Å². The number of Topliss-reactive ketones (excluding diaryl/α,β-unsaturated/α-hetero) is 2. The Kier molecular flexibility index (Phi) is 5.98. The summed E-state index contributed by atoms with van der Waals surface area (Å²) in [6.45, 7) is 6.99. The summed E-state index contributed by atoms with van der Waals surface area (Å²) in [7, 11) is 1.83. The van der Waals surface area contributed by atoms with Gasteiger partial charge in [0.2, 0.25) is 11.6 Å². The summed E-state index contributed by atoms with van der Waals surface area (Å²) in [5, 5.41) is 10.1. The molecule has 152 valence electrons. The van der Waals surface area contributed by atoms with Crippen LogP contribution in [0.4, 0.5) is 0 Å². The van der Waals surface area contributed by atoms with Crippen molar-refractivity contribution in [2.24, 2.45) is 0 Å². The quantitative estimate of drug-likeness (QED) is 0.409. The van der Waals surface area contributed by atoms with Gasteiger partial charge >= 0.3 is 0 Å². The number of aliphatic hydroxyl groups excluding tert-OH is 1. The highest BCUT2D eigenvalue weighted by molar-refractivity contribution is 6.53. The van der Waals surface area contributed by atoms with E-state index >= 15 is 0 Å². The molecule has 1 N–H and O–H groups in total. The number of ketones is 2. The number of carbonyl (C=O) groups excluding carboxylic acids is 3.